The molecule has 1 aromatic heterocycles. The van der Waals surface area contributed by atoms with Crippen LogP contribution in [0.1, 0.15) is 11.1 Å². The third-order valence-corrected chi connectivity index (χ3v) is 7.18. The van der Waals surface area contributed by atoms with Gasteiger partial charge in [-0.2, -0.15) is 0 Å². The van der Waals surface area contributed by atoms with Crippen LogP contribution in [0.25, 0.3) is 0 Å². The standard InChI is InChI=1S/C28H33ClIN7O4/c1-7-25(38)34-19-9-8-17(10-11-36(2)3)12-20(19)33-23-14-24(32-16-31-23)37(4)28(39)35-27-18(15-30)21(40-5)13-22(41-6)26(27)29/h7-9,12-14,16H,1,10-11,15H2,2-6H3,(H,34,38)(H,35,39)(H,31,32,33). The number of ether oxygens (including phenoxy) is 2. The lowest BCUT2D eigenvalue weighted by Gasteiger charge is -2.21. The van der Waals surface area contributed by atoms with Gasteiger partial charge >= 0.3 is 6.03 Å². The summed E-state index contributed by atoms with van der Waals surface area (Å²) in [5.74, 6) is 1.31. The summed E-state index contributed by atoms with van der Waals surface area (Å²) in [7, 11) is 8.62. The van der Waals surface area contributed by atoms with Crippen molar-refractivity contribution in [1.82, 2.24) is 14.9 Å². The maximum absolute atomic E-state index is 13.3. The van der Waals surface area contributed by atoms with Gasteiger partial charge in [0.1, 0.15) is 34.5 Å². The first-order chi connectivity index (χ1) is 19.6. The summed E-state index contributed by atoms with van der Waals surface area (Å²) < 4.78 is 11.4. The molecule has 41 heavy (non-hydrogen) atoms. The average molecular weight is 694 g/mol. The Morgan fingerprint density at radius 3 is 2.41 bits per heavy atom. The number of likely N-dealkylation sites (N-methyl/N-ethyl adjacent to an activating group) is 1. The van der Waals surface area contributed by atoms with Crippen LogP contribution in [0.3, 0.4) is 0 Å². The van der Waals surface area contributed by atoms with Crippen molar-refractivity contribution in [1.29, 1.82) is 0 Å². The quantitative estimate of drug-likeness (QED) is 0.125. The topological polar surface area (TPSA) is 121 Å². The minimum absolute atomic E-state index is 0.259. The highest BCUT2D eigenvalue weighted by molar-refractivity contribution is 14.1. The Morgan fingerprint density at radius 1 is 1.05 bits per heavy atom. The Labute approximate surface area is 258 Å². The monoisotopic (exact) mass is 693 g/mol. The molecule has 0 saturated heterocycles. The molecule has 0 radical (unpaired) electrons. The second-order valence-electron chi connectivity index (χ2n) is 9.08. The number of carbonyl (C=O) groups is 2. The predicted molar refractivity (Wildman–Crippen MR) is 173 cm³/mol. The molecular formula is C28H33ClIN7O4. The number of benzene rings is 2. The Morgan fingerprint density at radius 2 is 1.78 bits per heavy atom. The number of halogens is 2. The highest BCUT2D eigenvalue weighted by Crippen LogP contribution is 2.42. The molecule has 3 aromatic rings. The van der Waals surface area contributed by atoms with E-state index in [0.717, 1.165) is 18.5 Å². The lowest BCUT2D eigenvalue weighted by molar-refractivity contribution is -0.111. The molecule has 0 bridgehead atoms. The number of anilines is 5. The van der Waals surface area contributed by atoms with Gasteiger partial charge in [0.25, 0.3) is 0 Å². The Hall–Kier alpha value is -3.62. The van der Waals surface area contributed by atoms with Gasteiger partial charge in [-0.3, -0.25) is 9.69 Å². The van der Waals surface area contributed by atoms with Crippen LogP contribution >= 0.6 is 34.2 Å². The maximum Gasteiger partial charge on any atom is 0.327 e. The maximum atomic E-state index is 13.3. The summed E-state index contributed by atoms with van der Waals surface area (Å²) in [5, 5.41) is 9.18. The van der Waals surface area contributed by atoms with E-state index < -0.39 is 6.03 Å². The van der Waals surface area contributed by atoms with Gasteiger partial charge in [-0.25, -0.2) is 14.8 Å². The number of nitrogens with one attached hydrogen (secondary N) is 3. The number of alkyl halides is 1. The van der Waals surface area contributed by atoms with E-state index >= 15 is 0 Å². The van der Waals surface area contributed by atoms with Crippen molar-refractivity contribution in [2.45, 2.75) is 10.8 Å². The van der Waals surface area contributed by atoms with E-state index in [4.69, 9.17) is 21.1 Å². The van der Waals surface area contributed by atoms with Crippen LogP contribution in [0.15, 0.2) is 49.3 Å². The van der Waals surface area contributed by atoms with Gasteiger partial charge in [-0.1, -0.05) is 46.8 Å². The van der Waals surface area contributed by atoms with Crippen LogP contribution in [-0.2, 0) is 15.6 Å². The summed E-state index contributed by atoms with van der Waals surface area (Å²) in [4.78, 5) is 37.4. The molecule has 13 heteroatoms. The van der Waals surface area contributed by atoms with E-state index in [9.17, 15) is 9.59 Å². The fourth-order valence-electron chi connectivity index (χ4n) is 3.77. The van der Waals surface area contributed by atoms with Crippen molar-refractivity contribution >= 4 is 74.8 Å². The lowest BCUT2D eigenvalue weighted by atomic mass is 10.1. The average Bonchev–Trinajstić information content (AvgIpc) is 2.97. The fraction of sp³-hybridized carbons (Fsp3) is 0.286. The van der Waals surface area contributed by atoms with Crippen LogP contribution in [0.4, 0.5) is 33.5 Å². The molecule has 11 nitrogen and oxygen atoms in total. The minimum atomic E-state index is -0.484. The molecule has 0 saturated carbocycles. The van der Waals surface area contributed by atoms with E-state index in [-0.39, 0.29) is 10.9 Å². The number of carbonyl (C=O) groups excluding carboxylic acids is 2. The predicted octanol–water partition coefficient (Wildman–Crippen LogP) is 5.72. The molecule has 0 aliphatic heterocycles. The van der Waals surface area contributed by atoms with Crippen LogP contribution in [0, 0.1) is 0 Å². The minimum Gasteiger partial charge on any atom is -0.496 e. The van der Waals surface area contributed by atoms with Crippen molar-refractivity contribution in [3.8, 4) is 11.5 Å². The van der Waals surface area contributed by atoms with E-state index in [1.807, 2.05) is 32.3 Å². The van der Waals surface area contributed by atoms with Gasteiger partial charge in [-0.05, 0) is 44.3 Å². The number of urea groups is 1. The number of amides is 3. The molecule has 3 rings (SSSR count). The molecule has 3 amide bonds. The van der Waals surface area contributed by atoms with Crippen LogP contribution in [0.2, 0.25) is 5.02 Å². The highest BCUT2D eigenvalue weighted by Gasteiger charge is 2.22. The lowest BCUT2D eigenvalue weighted by Crippen LogP contribution is -2.32. The Kier molecular flexibility index (Phi) is 11.6. The first-order valence-electron chi connectivity index (χ1n) is 12.5. The highest BCUT2D eigenvalue weighted by atomic mass is 127. The first-order valence-corrected chi connectivity index (χ1v) is 14.4. The normalized spacial score (nSPS) is 10.6. The van der Waals surface area contributed by atoms with Crippen molar-refractivity contribution in [2.24, 2.45) is 0 Å². The third kappa shape index (κ3) is 8.21. The van der Waals surface area contributed by atoms with Crippen molar-refractivity contribution in [2.75, 3.05) is 62.8 Å². The van der Waals surface area contributed by atoms with Gasteiger partial charge in [0.2, 0.25) is 5.91 Å². The second kappa shape index (κ2) is 14.8. The number of methoxy groups -OCH3 is 2. The van der Waals surface area contributed by atoms with Crippen molar-refractivity contribution in [3.05, 3.63) is 65.5 Å². The van der Waals surface area contributed by atoms with Crippen LogP contribution in [-0.4, -0.2) is 68.7 Å². The van der Waals surface area contributed by atoms with Crippen molar-refractivity contribution < 1.29 is 19.1 Å². The summed E-state index contributed by atoms with van der Waals surface area (Å²) in [6, 6.07) is 8.55. The molecule has 0 aliphatic rings. The van der Waals surface area contributed by atoms with Gasteiger partial charge < -0.3 is 30.3 Å². The number of hydrogen-bond donors (Lipinski definition) is 3. The van der Waals surface area contributed by atoms with Crippen molar-refractivity contribution in [3.63, 3.8) is 0 Å². The van der Waals surface area contributed by atoms with Gasteiger partial charge in [0.15, 0.2) is 0 Å². The van der Waals surface area contributed by atoms with E-state index in [1.165, 1.54) is 31.5 Å². The summed E-state index contributed by atoms with van der Waals surface area (Å²) in [5.41, 5.74) is 3.37. The zero-order valence-electron chi connectivity index (χ0n) is 23.5. The summed E-state index contributed by atoms with van der Waals surface area (Å²) >= 11 is 8.73. The summed E-state index contributed by atoms with van der Waals surface area (Å²) in [6.07, 6.45) is 3.36. The number of rotatable bonds is 12. The first kappa shape index (κ1) is 31.9. The van der Waals surface area contributed by atoms with E-state index in [0.29, 0.717) is 50.2 Å². The van der Waals surface area contributed by atoms with E-state index in [1.54, 1.807) is 19.2 Å². The molecule has 0 unspecified atom stereocenters. The van der Waals surface area contributed by atoms with Crippen LogP contribution in [0.5, 0.6) is 11.5 Å². The molecular weight excluding hydrogens is 661 g/mol. The molecule has 3 N–H and O–H groups in total. The zero-order chi connectivity index (χ0) is 30.1. The molecule has 0 spiro atoms. The second-order valence-corrected chi connectivity index (χ2v) is 10.2. The smallest absolute Gasteiger partial charge is 0.327 e. The fourth-order valence-corrected chi connectivity index (χ4v) is 4.82. The molecule has 0 fully saturated rings. The zero-order valence-corrected chi connectivity index (χ0v) is 26.5. The Bertz CT molecular complexity index is 1420. The molecule has 218 valence electrons. The molecule has 0 atom stereocenters. The number of hydrogen-bond acceptors (Lipinski definition) is 8. The van der Waals surface area contributed by atoms with Gasteiger partial charge in [-0.15, -0.1) is 0 Å². The molecule has 0 aliphatic carbocycles. The van der Waals surface area contributed by atoms with Gasteiger partial charge in [0.05, 0.1) is 31.3 Å². The molecule has 1 heterocycles. The number of aromatic nitrogens is 2. The summed E-state index contributed by atoms with van der Waals surface area (Å²) in [6.45, 7) is 4.38. The number of nitrogens with zero attached hydrogens (tertiary/aromatic N) is 4. The molecule has 2 aromatic carbocycles. The Balaban J connectivity index is 1.89. The van der Waals surface area contributed by atoms with E-state index in [2.05, 4.69) is 60.0 Å². The van der Waals surface area contributed by atoms with Gasteiger partial charge in [0, 0.05) is 35.7 Å². The van der Waals surface area contributed by atoms with Crippen LogP contribution < -0.4 is 30.3 Å². The third-order valence-electron chi connectivity index (χ3n) is 6.04. The largest absolute Gasteiger partial charge is 0.496 e. The SMILES string of the molecule is C=CC(=O)Nc1ccc(CCN(C)C)cc1Nc1cc(N(C)C(=O)Nc2c(Cl)c(OC)cc(OC)c2CI)ncn1.